The quantitative estimate of drug-likeness (QED) is 0.766. The van der Waals surface area contributed by atoms with Gasteiger partial charge >= 0.3 is 0 Å². The van der Waals surface area contributed by atoms with Gasteiger partial charge in [0.1, 0.15) is 13.1 Å². The molecule has 0 aliphatic rings. The summed E-state index contributed by atoms with van der Waals surface area (Å²) < 4.78 is 1.23. The molecule has 0 aromatic heterocycles. The Balaban J connectivity index is 3.07. The first-order valence-electron chi connectivity index (χ1n) is 5.12. The van der Waals surface area contributed by atoms with Crippen molar-refractivity contribution in [2.45, 2.75) is 0 Å². The number of amides is 3. The molecule has 0 unspecified atom stereocenters. The van der Waals surface area contributed by atoms with Crippen LogP contribution < -0.4 is 11.5 Å². The number of carbonyl (C=O) groups excluding carboxylic acids is 3. The van der Waals surface area contributed by atoms with E-state index in [0.29, 0.717) is 14.5 Å². The number of halogens is 2. The van der Waals surface area contributed by atoms with Crippen molar-refractivity contribution in [2.24, 2.45) is 11.5 Å². The lowest BCUT2D eigenvalue weighted by Crippen LogP contribution is -2.43. The Morgan fingerprint density at radius 3 is 2.05 bits per heavy atom. The first-order valence-corrected chi connectivity index (χ1v) is 6.70. The highest BCUT2D eigenvalue weighted by molar-refractivity contribution is 9.11. The minimum atomic E-state index is -0.722. The minimum Gasteiger partial charge on any atom is -0.368 e. The van der Waals surface area contributed by atoms with E-state index < -0.39 is 17.7 Å². The Morgan fingerprint density at radius 1 is 1.05 bits per heavy atom. The molecule has 0 aliphatic heterocycles. The summed E-state index contributed by atoms with van der Waals surface area (Å²) in [6.45, 7) is -0.749. The van der Waals surface area contributed by atoms with Gasteiger partial charge in [0.15, 0.2) is 0 Å². The lowest BCUT2D eigenvalue weighted by molar-refractivity contribution is -0.121. The molecule has 0 fully saturated rings. The van der Waals surface area contributed by atoms with Gasteiger partial charge in [-0.1, -0.05) is 15.9 Å². The van der Waals surface area contributed by atoms with Gasteiger partial charge in [-0.15, -0.1) is 0 Å². The van der Waals surface area contributed by atoms with Crippen LogP contribution in [0.3, 0.4) is 0 Å². The number of nitrogens with zero attached hydrogens (tertiary/aromatic N) is 1. The molecule has 102 valence electrons. The molecule has 0 radical (unpaired) electrons. The van der Waals surface area contributed by atoms with Crippen LogP contribution >= 0.6 is 31.9 Å². The number of benzene rings is 1. The average Bonchev–Trinajstić information content (AvgIpc) is 2.29. The van der Waals surface area contributed by atoms with Crippen LogP contribution in [0.1, 0.15) is 10.4 Å². The highest BCUT2D eigenvalue weighted by Crippen LogP contribution is 2.22. The molecule has 19 heavy (non-hydrogen) atoms. The maximum Gasteiger partial charge on any atom is 0.255 e. The molecule has 1 aromatic carbocycles. The van der Waals surface area contributed by atoms with Gasteiger partial charge in [0, 0.05) is 8.95 Å². The van der Waals surface area contributed by atoms with Crippen LogP contribution in [-0.2, 0) is 9.59 Å². The lowest BCUT2D eigenvalue weighted by atomic mass is 10.2. The summed E-state index contributed by atoms with van der Waals surface area (Å²) in [6, 6.07) is 4.98. The number of primary amides is 2. The molecule has 8 heteroatoms. The summed E-state index contributed by atoms with van der Waals surface area (Å²) in [5, 5.41) is 0. The van der Waals surface area contributed by atoms with Gasteiger partial charge in [0.05, 0.1) is 5.56 Å². The van der Waals surface area contributed by atoms with Crippen LogP contribution in [0.2, 0.25) is 0 Å². The summed E-state index contributed by atoms with van der Waals surface area (Å²) in [5.74, 6) is -1.95. The minimum absolute atomic E-state index is 0.303. The van der Waals surface area contributed by atoms with E-state index in [1.807, 2.05) is 0 Å². The Morgan fingerprint density at radius 2 is 1.58 bits per heavy atom. The number of carbonyl (C=O) groups is 3. The fourth-order valence-corrected chi connectivity index (χ4v) is 2.18. The molecule has 6 nitrogen and oxygen atoms in total. The molecule has 0 aliphatic carbocycles. The molecule has 0 bridgehead atoms. The average molecular weight is 393 g/mol. The van der Waals surface area contributed by atoms with Crippen LogP contribution in [0.5, 0.6) is 0 Å². The molecular weight excluding hydrogens is 382 g/mol. The first kappa shape index (κ1) is 15.6. The molecule has 1 aromatic rings. The highest BCUT2D eigenvalue weighted by Gasteiger charge is 2.21. The zero-order valence-corrected chi connectivity index (χ0v) is 12.9. The summed E-state index contributed by atoms with van der Waals surface area (Å²) in [5.41, 5.74) is 10.4. The van der Waals surface area contributed by atoms with E-state index in [9.17, 15) is 14.4 Å². The molecule has 0 atom stereocenters. The van der Waals surface area contributed by atoms with E-state index in [0.717, 1.165) is 4.90 Å². The van der Waals surface area contributed by atoms with E-state index in [4.69, 9.17) is 11.5 Å². The molecular formula is C11H11Br2N3O3. The maximum atomic E-state index is 12.2. The number of nitrogens with two attached hydrogens (primary N) is 2. The zero-order valence-electron chi connectivity index (χ0n) is 9.73. The summed E-state index contributed by atoms with van der Waals surface area (Å²) in [6.07, 6.45) is 0. The monoisotopic (exact) mass is 391 g/mol. The normalized spacial score (nSPS) is 10.0. The molecule has 1 rings (SSSR count). The maximum absolute atomic E-state index is 12.2. The van der Waals surface area contributed by atoms with Crippen molar-refractivity contribution in [1.82, 2.24) is 4.90 Å². The van der Waals surface area contributed by atoms with E-state index in [1.54, 1.807) is 18.2 Å². The smallest absolute Gasteiger partial charge is 0.255 e. The van der Waals surface area contributed by atoms with Crippen molar-refractivity contribution in [3.05, 3.63) is 32.7 Å². The predicted molar refractivity (Wildman–Crippen MR) is 76.1 cm³/mol. The third-order valence-corrected chi connectivity index (χ3v) is 3.32. The largest absolute Gasteiger partial charge is 0.368 e. The zero-order chi connectivity index (χ0) is 14.6. The summed E-state index contributed by atoms with van der Waals surface area (Å²) in [4.78, 5) is 35.1. The Kier molecular flexibility index (Phi) is 5.49. The predicted octanol–water partition coefficient (Wildman–Crippen LogP) is 0.624. The standard InChI is InChI=1S/C11H11Br2N3O3/c12-6-1-2-8(13)7(3-6)11(19)16(4-9(14)17)5-10(15)18/h1-3H,4-5H2,(H2,14,17)(H2,15,18). The Hall–Kier alpha value is -1.41. The summed E-state index contributed by atoms with van der Waals surface area (Å²) in [7, 11) is 0. The van der Waals surface area contributed by atoms with Crippen molar-refractivity contribution in [2.75, 3.05) is 13.1 Å². The van der Waals surface area contributed by atoms with E-state index in [-0.39, 0.29) is 13.1 Å². The molecule has 0 spiro atoms. The van der Waals surface area contributed by atoms with E-state index in [2.05, 4.69) is 31.9 Å². The molecule has 0 saturated carbocycles. The van der Waals surface area contributed by atoms with Crippen LogP contribution in [0.4, 0.5) is 0 Å². The Labute approximate surface area is 126 Å². The number of hydrogen-bond donors (Lipinski definition) is 2. The molecule has 0 heterocycles. The number of hydrogen-bond acceptors (Lipinski definition) is 3. The topological polar surface area (TPSA) is 106 Å². The van der Waals surface area contributed by atoms with Crippen molar-refractivity contribution in [3.63, 3.8) is 0 Å². The van der Waals surface area contributed by atoms with Crippen molar-refractivity contribution < 1.29 is 14.4 Å². The van der Waals surface area contributed by atoms with Gasteiger partial charge in [-0.25, -0.2) is 0 Å². The third-order valence-electron chi connectivity index (χ3n) is 2.14. The SMILES string of the molecule is NC(=O)CN(CC(N)=O)C(=O)c1cc(Br)ccc1Br. The van der Waals surface area contributed by atoms with Gasteiger partial charge in [-0.05, 0) is 34.1 Å². The molecule has 3 amide bonds. The second-order valence-corrected chi connectivity index (χ2v) is 5.49. The fourth-order valence-electron chi connectivity index (χ4n) is 1.41. The van der Waals surface area contributed by atoms with Crippen LogP contribution in [0.15, 0.2) is 27.1 Å². The van der Waals surface area contributed by atoms with Crippen molar-refractivity contribution >= 4 is 49.6 Å². The van der Waals surface area contributed by atoms with E-state index in [1.165, 1.54) is 0 Å². The summed E-state index contributed by atoms with van der Waals surface area (Å²) >= 11 is 6.47. The highest BCUT2D eigenvalue weighted by atomic mass is 79.9. The fraction of sp³-hybridized carbons (Fsp3) is 0.182. The van der Waals surface area contributed by atoms with Gasteiger partial charge in [-0.2, -0.15) is 0 Å². The molecule has 0 saturated heterocycles. The van der Waals surface area contributed by atoms with Gasteiger partial charge in [0.25, 0.3) is 5.91 Å². The van der Waals surface area contributed by atoms with Crippen LogP contribution in [0, 0.1) is 0 Å². The first-order chi connectivity index (χ1) is 8.81. The van der Waals surface area contributed by atoms with Crippen LogP contribution in [-0.4, -0.2) is 35.7 Å². The Bertz CT molecular complexity index is 518. The van der Waals surface area contributed by atoms with E-state index >= 15 is 0 Å². The number of rotatable bonds is 5. The van der Waals surface area contributed by atoms with Crippen LogP contribution in [0.25, 0.3) is 0 Å². The van der Waals surface area contributed by atoms with Gasteiger partial charge in [-0.3, -0.25) is 14.4 Å². The third kappa shape index (κ3) is 4.64. The van der Waals surface area contributed by atoms with Gasteiger partial charge < -0.3 is 16.4 Å². The lowest BCUT2D eigenvalue weighted by Gasteiger charge is -2.20. The van der Waals surface area contributed by atoms with Gasteiger partial charge in [0.2, 0.25) is 11.8 Å². The van der Waals surface area contributed by atoms with Crippen molar-refractivity contribution in [3.8, 4) is 0 Å². The second-order valence-electron chi connectivity index (χ2n) is 3.72. The molecule has 4 N–H and O–H groups in total. The second kappa shape index (κ2) is 6.67. The van der Waals surface area contributed by atoms with Crippen molar-refractivity contribution in [1.29, 1.82) is 0 Å².